The van der Waals surface area contributed by atoms with Gasteiger partial charge in [-0.3, -0.25) is 4.90 Å². The lowest BCUT2D eigenvalue weighted by Gasteiger charge is -2.39. The van der Waals surface area contributed by atoms with E-state index in [0.29, 0.717) is 5.92 Å². The molecule has 0 bridgehead atoms. The van der Waals surface area contributed by atoms with Crippen molar-refractivity contribution in [2.45, 2.75) is 44.6 Å². The topological polar surface area (TPSA) is 23.5 Å². The predicted octanol–water partition coefficient (Wildman–Crippen LogP) is 5.16. The van der Waals surface area contributed by atoms with E-state index in [4.69, 9.17) is 0 Å². The second-order valence-electron chi connectivity index (χ2n) is 8.46. The van der Waals surface area contributed by atoms with E-state index >= 15 is 0 Å². The summed E-state index contributed by atoms with van der Waals surface area (Å²) in [4.78, 5) is 2.57. The van der Waals surface area contributed by atoms with Gasteiger partial charge in [-0.25, -0.2) is 0 Å². The monoisotopic (exact) mass is 361 g/mol. The zero-order chi connectivity index (χ0) is 18.7. The summed E-state index contributed by atoms with van der Waals surface area (Å²) in [6.45, 7) is 5.36. The van der Waals surface area contributed by atoms with Crippen molar-refractivity contribution >= 4 is 5.57 Å². The zero-order valence-electron chi connectivity index (χ0n) is 16.4. The summed E-state index contributed by atoms with van der Waals surface area (Å²) in [6, 6.07) is 19.2. The molecule has 1 N–H and O–H groups in total. The summed E-state index contributed by atoms with van der Waals surface area (Å²) in [7, 11) is 0. The minimum atomic E-state index is -0.641. The molecule has 0 saturated heterocycles. The summed E-state index contributed by atoms with van der Waals surface area (Å²) < 4.78 is 0. The van der Waals surface area contributed by atoms with Crippen LogP contribution in [-0.2, 0) is 5.60 Å². The molecular formula is C25H31NO. The highest BCUT2D eigenvalue weighted by molar-refractivity contribution is 5.66. The van der Waals surface area contributed by atoms with Gasteiger partial charge in [0.1, 0.15) is 0 Å². The summed E-state index contributed by atoms with van der Waals surface area (Å²) in [5, 5.41) is 11.3. The third-order valence-electron chi connectivity index (χ3n) is 6.37. The fourth-order valence-electron chi connectivity index (χ4n) is 4.80. The first-order chi connectivity index (χ1) is 13.1. The molecule has 142 valence electrons. The number of aliphatic hydroxyl groups is 1. The Balaban J connectivity index is 1.37. The van der Waals surface area contributed by atoms with Gasteiger partial charge in [0, 0.05) is 19.6 Å². The lowest BCUT2D eigenvalue weighted by Crippen LogP contribution is -2.39. The maximum absolute atomic E-state index is 11.3. The van der Waals surface area contributed by atoms with Crippen LogP contribution in [0.4, 0.5) is 0 Å². The van der Waals surface area contributed by atoms with Crippen molar-refractivity contribution in [2.75, 3.05) is 19.6 Å². The van der Waals surface area contributed by atoms with Gasteiger partial charge in [0.25, 0.3) is 0 Å². The highest BCUT2D eigenvalue weighted by Crippen LogP contribution is 2.40. The van der Waals surface area contributed by atoms with E-state index in [9.17, 15) is 5.11 Å². The van der Waals surface area contributed by atoms with Gasteiger partial charge >= 0.3 is 0 Å². The highest BCUT2D eigenvalue weighted by Gasteiger charge is 2.36. The molecule has 0 radical (unpaired) electrons. The van der Waals surface area contributed by atoms with Crippen molar-refractivity contribution in [1.29, 1.82) is 0 Å². The molecule has 0 spiro atoms. The molecule has 1 aliphatic heterocycles. The Bertz CT molecular complexity index is 780. The van der Waals surface area contributed by atoms with E-state index in [0.717, 1.165) is 50.9 Å². The smallest absolute Gasteiger partial charge is 0.0899 e. The minimum Gasteiger partial charge on any atom is -0.385 e. The van der Waals surface area contributed by atoms with Crippen molar-refractivity contribution in [1.82, 2.24) is 4.90 Å². The molecule has 1 fully saturated rings. The Morgan fingerprint density at radius 2 is 1.85 bits per heavy atom. The van der Waals surface area contributed by atoms with Crippen LogP contribution in [0.1, 0.15) is 48.8 Å². The van der Waals surface area contributed by atoms with Crippen LogP contribution in [0.3, 0.4) is 0 Å². The first kappa shape index (κ1) is 18.5. The number of aryl methyl sites for hydroxylation is 1. The van der Waals surface area contributed by atoms with E-state index in [-0.39, 0.29) is 0 Å². The maximum Gasteiger partial charge on any atom is 0.0899 e. The molecule has 0 amide bonds. The molecule has 2 aromatic rings. The molecular weight excluding hydrogens is 330 g/mol. The van der Waals surface area contributed by atoms with Gasteiger partial charge < -0.3 is 5.11 Å². The summed E-state index contributed by atoms with van der Waals surface area (Å²) >= 11 is 0. The molecule has 2 heteroatoms. The fraction of sp³-hybridized carbons (Fsp3) is 0.440. The van der Waals surface area contributed by atoms with E-state index in [2.05, 4.69) is 72.5 Å². The number of hydrogen-bond acceptors (Lipinski definition) is 2. The molecule has 0 aromatic heterocycles. The van der Waals surface area contributed by atoms with Crippen LogP contribution in [0.2, 0.25) is 0 Å². The van der Waals surface area contributed by atoms with E-state index < -0.39 is 5.60 Å². The fourth-order valence-corrected chi connectivity index (χ4v) is 4.80. The Morgan fingerprint density at radius 3 is 2.56 bits per heavy atom. The van der Waals surface area contributed by atoms with E-state index in [1.54, 1.807) is 0 Å². The Morgan fingerprint density at radius 1 is 1.07 bits per heavy atom. The third-order valence-corrected chi connectivity index (χ3v) is 6.37. The second-order valence-corrected chi connectivity index (χ2v) is 8.46. The number of benzene rings is 2. The number of rotatable bonds is 4. The predicted molar refractivity (Wildman–Crippen MR) is 113 cm³/mol. The molecule has 1 heterocycles. The Kier molecular flexibility index (Phi) is 5.47. The van der Waals surface area contributed by atoms with Gasteiger partial charge in [0.15, 0.2) is 0 Å². The summed E-state index contributed by atoms with van der Waals surface area (Å²) in [6.07, 6.45) is 7.66. The average molecular weight is 362 g/mol. The van der Waals surface area contributed by atoms with Gasteiger partial charge in [0.2, 0.25) is 0 Å². The molecule has 1 unspecified atom stereocenters. The van der Waals surface area contributed by atoms with E-state index in [1.165, 1.54) is 23.1 Å². The van der Waals surface area contributed by atoms with Crippen LogP contribution >= 0.6 is 0 Å². The van der Waals surface area contributed by atoms with Gasteiger partial charge in [0.05, 0.1) is 5.60 Å². The third kappa shape index (κ3) is 4.34. The molecule has 27 heavy (non-hydrogen) atoms. The van der Waals surface area contributed by atoms with Crippen molar-refractivity contribution < 1.29 is 5.11 Å². The number of nitrogens with zero attached hydrogens (tertiary/aromatic N) is 1. The van der Waals surface area contributed by atoms with Crippen LogP contribution in [0.25, 0.3) is 5.57 Å². The van der Waals surface area contributed by atoms with Gasteiger partial charge in [-0.1, -0.05) is 66.2 Å². The van der Waals surface area contributed by atoms with E-state index in [1.807, 2.05) is 0 Å². The standard InChI is InChI=1S/C25H31NO/c1-20-9-11-24(12-10-20)25(27)15-5-6-21(18-25)19-26-16-13-23(14-17-26)22-7-3-2-4-8-22/h2-4,7-13,21,27H,5-6,14-19H2,1H3/t21-,25?/m1/s1. The molecule has 4 rings (SSSR count). The Hall–Kier alpha value is -1.90. The summed E-state index contributed by atoms with van der Waals surface area (Å²) in [5.41, 5.74) is 4.55. The van der Waals surface area contributed by atoms with Crippen molar-refractivity contribution in [2.24, 2.45) is 5.92 Å². The summed E-state index contributed by atoms with van der Waals surface area (Å²) in [5.74, 6) is 0.580. The molecule has 2 atom stereocenters. The van der Waals surface area contributed by atoms with Crippen LogP contribution < -0.4 is 0 Å². The zero-order valence-corrected chi connectivity index (χ0v) is 16.4. The molecule has 2 aromatic carbocycles. The first-order valence-electron chi connectivity index (χ1n) is 10.4. The first-order valence-corrected chi connectivity index (χ1v) is 10.4. The van der Waals surface area contributed by atoms with Crippen LogP contribution in [0, 0.1) is 12.8 Å². The van der Waals surface area contributed by atoms with Gasteiger partial charge in [-0.05, 0) is 61.6 Å². The molecule has 2 aliphatic rings. The average Bonchev–Trinajstić information content (AvgIpc) is 2.70. The molecule has 1 saturated carbocycles. The minimum absolute atomic E-state index is 0.580. The van der Waals surface area contributed by atoms with Crippen molar-refractivity contribution in [3.8, 4) is 0 Å². The van der Waals surface area contributed by atoms with Gasteiger partial charge in [-0.2, -0.15) is 0 Å². The Labute approximate surface area is 163 Å². The highest BCUT2D eigenvalue weighted by atomic mass is 16.3. The number of hydrogen-bond donors (Lipinski definition) is 1. The van der Waals surface area contributed by atoms with Crippen molar-refractivity contribution in [3.05, 3.63) is 77.4 Å². The molecule has 1 aliphatic carbocycles. The lowest BCUT2D eigenvalue weighted by atomic mass is 9.74. The quantitative estimate of drug-likeness (QED) is 0.813. The maximum atomic E-state index is 11.3. The second kappa shape index (κ2) is 8.00. The van der Waals surface area contributed by atoms with Gasteiger partial charge in [-0.15, -0.1) is 0 Å². The lowest BCUT2D eigenvalue weighted by molar-refractivity contribution is -0.0265. The van der Waals surface area contributed by atoms with Crippen LogP contribution in [0.15, 0.2) is 60.7 Å². The molecule has 2 nitrogen and oxygen atoms in total. The van der Waals surface area contributed by atoms with Crippen molar-refractivity contribution in [3.63, 3.8) is 0 Å². The van der Waals surface area contributed by atoms with Crippen LogP contribution in [-0.4, -0.2) is 29.6 Å². The largest absolute Gasteiger partial charge is 0.385 e. The normalized spacial score (nSPS) is 26.6. The SMILES string of the molecule is Cc1ccc(C2(O)CCC[C@@H](CN3CC=C(c4ccccc4)CC3)C2)cc1. The van der Waals surface area contributed by atoms with Crippen LogP contribution in [0.5, 0.6) is 0 Å².